The molecule has 0 unspecified atom stereocenters. The predicted octanol–water partition coefficient (Wildman–Crippen LogP) is -0.390. The van der Waals surface area contributed by atoms with Gasteiger partial charge in [-0.2, -0.15) is 8.42 Å². The van der Waals surface area contributed by atoms with E-state index in [1.807, 2.05) is 0 Å². The molecule has 1 aliphatic carbocycles. The third-order valence-corrected chi connectivity index (χ3v) is 3.13. The molecule has 2 atom stereocenters. The first-order valence-corrected chi connectivity index (χ1v) is 5.91. The topological polar surface area (TPSA) is 116 Å². The summed E-state index contributed by atoms with van der Waals surface area (Å²) in [4.78, 5) is 0. The molecule has 0 radical (unpaired) electrons. The highest BCUT2D eigenvalue weighted by molar-refractivity contribution is 7.80. The molecule has 0 spiro atoms. The highest BCUT2D eigenvalue weighted by atomic mass is 32.3. The molecule has 7 heteroatoms. The van der Waals surface area contributed by atoms with Gasteiger partial charge in [0.05, 0.1) is 0 Å². The van der Waals surface area contributed by atoms with Gasteiger partial charge in [0.25, 0.3) is 0 Å². The fourth-order valence-electron chi connectivity index (χ4n) is 1.86. The van der Waals surface area contributed by atoms with Crippen molar-refractivity contribution in [3.05, 3.63) is 0 Å². The summed E-state index contributed by atoms with van der Waals surface area (Å²) >= 11 is 0. The van der Waals surface area contributed by atoms with Gasteiger partial charge in [-0.25, -0.2) is 4.18 Å². The Morgan fingerprint density at radius 1 is 1.50 bits per heavy atom. The monoisotopic (exact) mass is 224 g/mol. The number of rotatable bonds is 3. The first kappa shape index (κ1) is 11.9. The van der Waals surface area contributed by atoms with E-state index in [0.717, 1.165) is 19.3 Å². The summed E-state index contributed by atoms with van der Waals surface area (Å²) < 4.78 is 34.2. The average molecular weight is 224 g/mol. The Balaban J connectivity index is 2.78. The fraction of sp³-hybridized carbons (Fsp3) is 1.00. The molecule has 6 nitrogen and oxygen atoms in total. The first-order valence-electron chi connectivity index (χ1n) is 4.54. The van der Waals surface area contributed by atoms with E-state index in [4.69, 9.17) is 16.0 Å². The van der Waals surface area contributed by atoms with Gasteiger partial charge in [0.15, 0.2) is 0 Å². The van der Waals surface area contributed by atoms with Gasteiger partial charge >= 0.3 is 10.4 Å². The largest absolute Gasteiger partial charge is 0.399 e. The molecule has 0 aromatic rings. The Hall–Kier alpha value is -0.210. The third-order valence-electron chi connectivity index (χ3n) is 2.61. The minimum atomic E-state index is -4.51. The molecule has 1 rings (SSSR count). The third kappa shape index (κ3) is 2.89. The maximum absolute atomic E-state index is 10.6. The summed E-state index contributed by atoms with van der Waals surface area (Å²) in [6, 6.07) is 0. The second-order valence-electron chi connectivity index (χ2n) is 3.64. The lowest BCUT2D eigenvalue weighted by molar-refractivity contribution is -0.0176. The van der Waals surface area contributed by atoms with Crippen molar-refractivity contribution in [1.82, 2.24) is 0 Å². The van der Waals surface area contributed by atoms with Gasteiger partial charge < -0.3 is 11.5 Å². The first-order chi connectivity index (χ1) is 6.37. The van der Waals surface area contributed by atoms with Crippen molar-refractivity contribution >= 4 is 10.4 Å². The van der Waals surface area contributed by atoms with Gasteiger partial charge in [-0.3, -0.25) is 4.55 Å². The van der Waals surface area contributed by atoms with Crippen LogP contribution in [-0.2, 0) is 14.6 Å². The van der Waals surface area contributed by atoms with Gasteiger partial charge in [0, 0.05) is 5.92 Å². The van der Waals surface area contributed by atoms with E-state index in [2.05, 4.69) is 4.18 Å². The van der Waals surface area contributed by atoms with Crippen molar-refractivity contribution in [2.45, 2.75) is 31.4 Å². The summed E-state index contributed by atoms with van der Waals surface area (Å²) in [5.74, 6) is -0.224. The fourth-order valence-corrected chi connectivity index (χ4v) is 2.48. The molecule has 1 aliphatic rings. The molecular formula is C7H16N2O4S. The van der Waals surface area contributed by atoms with Crippen LogP contribution in [0.3, 0.4) is 0 Å². The molecule has 0 aliphatic heterocycles. The highest BCUT2D eigenvalue weighted by Gasteiger charge is 2.41. The zero-order valence-electron chi connectivity index (χ0n) is 7.85. The van der Waals surface area contributed by atoms with Gasteiger partial charge in [-0.05, 0) is 25.8 Å². The van der Waals surface area contributed by atoms with E-state index in [9.17, 15) is 8.42 Å². The van der Waals surface area contributed by atoms with E-state index in [1.165, 1.54) is 0 Å². The molecule has 0 aromatic carbocycles. The lowest BCUT2D eigenvalue weighted by Crippen LogP contribution is -2.54. The Bertz CT molecular complexity index is 292. The minimum absolute atomic E-state index is 0.224. The maximum Gasteiger partial charge on any atom is 0.399 e. The van der Waals surface area contributed by atoms with Crippen LogP contribution in [0.4, 0.5) is 0 Å². The number of hydrogen-bond acceptors (Lipinski definition) is 5. The SMILES string of the molecule is NC[C@@H]1CCCC[C@]1(N)OS(=O)(=O)O. The molecule has 1 fully saturated rings. The Kier molecular flexibility index (Phi) is 3.49. The van der Waals surface area contributed by atoms with Crippen LogP contribution in [-0.4, -0.2) is 25.2 Å². The molecule has 0 amide bonds. The van der Waals surface area contributed by atoms with Crippen molar-refractivity contribution in [1.29, 1.82) is 0 Å². The van der Waals surface area contributed by atoms with Crippen LogP contribution in [0.25, 0.3) is 0 Å². The van der Waals surface area contributed by atoms with Crippen LogP contribution < -0.4 is 11.5 Å². The van der Waals surface area contributed by atoms with E-state index >= 15 is 0 Å². The summed E-state index contributed by atoms with van der Waals surface area (Å²) in [6.45, 7) is 0.256. The molecule has 84 valence electrons. The van der Waals surface area contributed by atoms with Crippen molar-refractivity contribution in [2.24, 2.45) is 17.4 Å². The van der Waals surface area contributed by atoms with Crippen LogP contribution in [0.5, 0.6) is 0 Å². The normalized spacial score (nSPS) is 34.4. The van der Waals surface area contributed by atoms with Gasteiger partial charge in [-0.15, -0.1) is 0 Å². The van der Waals surface area contributed by atoms with E-state index in [-0.39, 0.29) is 12.5 Å². The summed E-state index contributed by atoms with van der Waals surface area (Å²) in [5, 5.41) is 0. The van der Waals surface area contributed by atoms with E-state index in [1.54, 1.807) is 0 Å². The van der Waals surface area contributed by atoms with Crippen LogP contribution in [0.1, 0.15) is 25.7 Å². The zero-order chi connectivity index (χ0) is 10.8. The molecule has 5 N–H and O–H groups in total. The molecule has 0 aromatic heterocycles. The second-order valence-corrected chi connectivity index (χ2v) is 4.67. The van der Waals surface area contributed by atoms with E-state index < -0.39 is 16.1 Å². The second kappa shape index (κ2) is 4.11. The molecular weight excluding hydrogens is 208 g/mol. The molecule has 1 saturated carbocycles. The van der Waals surface area contributed by atoms with Crippen molar-refractivity contribution in [2.75, 3.05) is 6.54 Å². The minimum Gasteiger partial charge on any atom is -0.330 e. The molecule has 0 bridgehead atoms. The van der Waals surface area contributed by atoms with Crippen molar-refractivity contribution < 1.29 is 17.2 Å². The van der Waals surface area contributed by atoms with Gasteiger partial charge in [0.1, 0.15) is 5.72 Å². The summed E-state index contributed by atoms with van der Waals surface area (Å²) in [6.07, 6.45) is 2.86. The molecule has 0 saturated heterocycles. The van der Waals surface area contributed by atoms with Crippen LogP contribution in [0.15, 0.2) is 0 Å². The standard InChI is InChI=1S/C7H16N2O4S/c8-5-6-3-1-2-4-7(6,9)13-14(10,11)12/h6H,1-5,8-9H2,(H,10,11,12)/t6-,7-/m0/s1. The van der Waals surface area contributed by atoms with Crippen molar-refractivity contribution in [3.63, 3.8) is 0 Å². The molecule has 0 heterocycles. The average Bonchev–Trinajstić information content (AvgIpc) is 2.01. The lowest BCUT2D eigenvalue weighted by Gasteiger charge is -2.38. The predicted molar refractivity (Wildman–Crippen MR) is 50.6 cm³/mol. The van der Waals surface area contributed by atoms with Crippen molar-refractivity contribution in [3.8, 4) is 0 Å². The Labute approximate surface area is 83.6 Å². The summed E-state index contributed by atoms with van der Waals surface area (Å²) in [5.41, 5.74) is 9.89. The van der Waals surface area contributed by atoms with Crippen LogP contribution in [0.2, 0.25) is 0 Å². The zero-order valence-corrected chi connectivity index (χ0v) is 8.66. The molecule has 14 heavy (non-hydrogen) atoms. The highest BCUT2D eigenvalue weighted by Crippen LogP contribution is 2.33. The number of nitrogens with two attached hydrogens (primary N) is 2. The Morgan fingerprint density at radius 2 is 2.14 bits per heavy atom. The summed E-state index contributed by atoms with van der Waals surface area (Å²) in [7, 11) is -4.51. The lowest BCUT2D eigenvalue weighted by atomic mass is 9.82. The Morgan fingerprint density at radius 3 is 2.64 bits per heavy atom. The van der Waals surface area contributed by atoms with Gasteiger partial charge in [-0.1, -0.05) is 6.42 Å². The smallest absolute Gasteiger partial charge is 0.330 e. The van der Waals surface area contributed by atoms with Crippen LogP contribution in [0, 0.1) is 5.92 Å². The number of hydrogen-bond donors (Lipinski definition) is 3. The maximum atomic E-state index is 10.6. The van der Waals surface area contributed by atoms with Crippen LogP contribution >= 0.6 is 0 Å². The quantitative estimate of drug-likeness (QED) is 0.444. The van der Waals surface area contributed by atoms with E-state index in [0.29, 0.717) is 6.42 Å². The van der Waals surface area contributed by atoms with Gasteiger partial charge in [0.2, 0.25) is 0 Å².